The minimum Gasteiger partial charge on any atom is -0.379 e. The summed E-state index contributed by atoms with van der Waals surface area (Å²) in [5, 5.41) is 13.9. The highest BCUT2D eigenvalue weighted by Crippen LogP contribution is 2.32. The summed E-state index contributed by atoms with van der Waals surface area (Å²) in [6.07, 6.45) is 0. The molecule has 0 radical (unpaired) electrons. The predicted octanol–water partition coefficient (Wildman–Crippen LogP) is 4.76. The van der Waals surface area contributed by atoms with E-state index in [0.29, 0.717) is 16.7 Å². The molecule has 2 rings (SSSR count). The molecule has 20 heavy (non-hydrogen) atoms. The van der Waals surface area contributed by atoms with Crippen LogP contribution in [0.5, 0.6) is 0 Å². The number of anilines is 1. The Morgan fingerprint density at radius 1 is 1.30 bits per heavy atom. The number of hydrogen-bond donors (Lipinski definition) is 1. The van der Waals surface area contributed by atoms with Crippen LogP contribution in [-0.2, 0) is 6.54 Å². The number of nitro groups is 1. The molecule has 0 aromatic heterocycles. The average molecular weight is 360 g/mol. The Balaban J connectivity index is 2.11. The lowest BCUT2D eigenvalue weighted by atomic mass is 10.2. The highest BCUT2D eigenvalue weighted by molar-refractivity contribution is 9.10. The maximum Gasteiger partial charge on any atom is 0.269 e. The van der Waals surface area contributed by atoms with Crippen LogP contribution in [-0.4, -0.2) is 4.92 Å². The molecule has 2 aromatic carbocycles. The first-order valence-electron chi connectivity index (χ1n) is 5.59. The Kier molecular flexibility index (Phi) is 4.57. The molecule has 0 atom stereocenters. The van der Waals surface area contributed by atoms with Crippen molar-refractivity contribution in [3.63, 3.8) is 0 Å². The molecule has 7 heteroatoms. The van der Waals surface area contributed by atoms with Crippen molar-refractivity contribution >= 4 is 38.9 Å². The van der Waals surface area contributed by atoms with Crippen molar-refractivity contribution in [2.24, 2.45) is 0 Å². The van der Waals surface area contributed by atoms with Crippen LogP contribution in [0.3, 0.4) is 0 Å². The van der Waals surface area contributed by atoms with Gasteiger partial charge in [-0.2, -0.15) is 0 Å². The summed E-state index contributed by atoms with van der Waals surface area (Å²) in [5.74, 6) is -0.428. The lowest BCUT2D eigenvalue weighted by Crippen LogP contribution is -2.01. The van der Waals surface area contributed by atoms with E-state index in [2.05, 4.69) is 21.2 Å². The van der Waals surface area contributed by atoms with Gasteiger partial charge in [0, 0.05) is 23.2 Å². The molecule has 104 valence electrons. The smallest absolute Gasteiger partial charge is 0.269 e. The molecule has 0 amide bonds. The van der Waals surface area contributed by atoms with Crippen LogP contribution >= 0.6 is 27.5 Å². The van der Waals surface area contributed by atoms with E-state index in [0.717, 1.165) is 5.56 Å². The van der Waals surface area contributed by atoms with Crippen molar-refractivity contribution in [1.29, 1.82) is 0 Å². The molecule has 0 spiro atoms. The number of halogens is 3. The maximum absolute atomic E-state index is 13.1. The zero-order valence-corrected chi connectivity index (χ0v) is 12.4. The molecule has 0 aliphatic heterocycles. The highest BCUT2D eigenvalue weighted by atomic mass is 79.9. The van der Waals surface area contributed by atoms with E-state index in [4.69, 9.17) is 11.6 Å². The SMILES string of the molecule is O=[N+]([O-])c1ccc(CNc2c(Cl)cc(F)cc2Br)cc1. The molecule has 0 aliphatic rings. The predicted molar refractivity (Wildman–Crippen MR) is 79.5 cm³/mol. The van der Waals surface area contributed by atoms with Gasteiger partial charge in [-0.3, -0.25) is 10.1 Å². The molecule has 0 heterocycles. The van der Waals surface area contributed by atoms with Gasteiger partial charge >= 0.3 is 0 Å². The van der Waals surface area contributed by atoms with Crippen LogP contribution in [0.1, 0.15) is 5.56 Å². The van der Waals surface area contributed by atoms with E-state index >= 15 is 0 Å². The number of rotatable bonds is 4. The monoisotopic (exact) mass is 358 g/mol. The van der Waals surface area contributed by atoms with Gasteiger partial charge in [0.2, 0.25) is 0 Å². The normalized spacial score (nSPS) is 10.3. The number of benzene rings is 2. The van der Waals surface area contributed by atoms with Crippen LogP contribution in [0, 0.1) is 15.9 Å². The Bertz CT molecular complexity index is 626. The zero-order chi connectivity index (χ0) is 14.7. The first kappa shape index (κ1) is 14.7. The summed E-state index contributed by atoms with van der Waals surface area (Å²) >= 11 is 9.17. The molecule has 0 unspecified atom stereocenters. The molecule has 2 aromatic rings. The highest BCUT2D eigenvalue weighted by Gasteiger charge is 2.08. The molecule has 4 nitrogen and oxygen atoms in total. The number of hydrogen-bond acceptors (Lipinski definition) is 3. The molecular formula is C13H9BrClFN2O2. The number of nitrogens with one attached hydrogen (secondary N) is 1. The fourth-order valence-electron chi connectivity index (χ4n) is 1.64. The van der Waals surface area contributed by atoms with Crippen molar-refractivity contribution in [3.8, 4) is 0 Å². The van der Waals surface area contributed by atoms with Gasteiger partial charge in [-0.15, -0.1) is 0 Å². The second kappa shape index (κ2) is 6.19. The van der Waals surface area contributed by atoms with Crippen molar-refractivity contribution < 1.29 is 9.31 Å². The fourth-order valence-corrected chi connectivity index (χ4v) is 2.60. The van der Waals surface area contributed by atoms with Crippen molar-refractivity contribution in [2.45, 2.75) is 6.54 Å². The number of non-ortho nitro benzene ring substituents is 1. The zero-order valence-electron chi connectivity index (χ0n) is 10.1. The maximum atomic E-state index is 13.1. The topological polar surface area (TPSA) is 55.2 Å². The van der Waals surface area contributed by atoms with Gasteiger partial charge in [-0.1, -0.05) is 23.7 Å². The van der Waals surface area contributed by atoms with Crippen LogP contribution in [0.25, 0.3) is 0 Å². The van der Waals surface area contributed by atoms with Gasteiger partial charge < -0.3 is 5.32 Å². The van der Waals surface area contributed by atoms with Crippen LogP contribution in [0.2, 0.25) is 5.02 Å². The minimum absolute atomic E-state index is 0.0368. The second-order valence-corrected chi connectivity index (χ2v) is 5.28. The number of nitrogens with zero attached hydrogens (tertiary/aromatic N) is 1. The first-order valence-corrected chi connectivity index (χ1v) is 6.76. The first-order chi connectivity index (χ1) is 9.47. The molecule has 0 saturated heterocycles. The van der Waals surface area contributed by atoms with Gasteiger partial charge in [-0.05, 0) is 33.6 Å². The van der Waals surface area contributed by atoms with E-state index in [1.807, 2.05) is 0 Å². The van der Waals surface area contributed by atoms with Crippen LogP contribution in [0.4, 0.5) is 15.8 Å². The molecule has 0 bridgehead atoms. The third-order valence-electron chi connectivity index (χ3n) is 2.62. The van der Waals surface area contributed by atoms with Crippen molar-refractivity contribution in [2.75, 3.05) is 5.32 Å². The van der Waals surface area contributed by atoms with Gasteiger partial charge in [0.05, 0.1) is 15.6 Å². The number of nitro benzene ring substituents is 1. The summed E-state index contributed by atoms with van der Waals surface area (Å²) in [6, 6.07) is 8.68. The summed E-state index contributed by atoms with van der Waals surface area (Å²) < 4.78 is 13.6. The van der Waals surface area contributed by atoms with E-state index in [9.17, 15) is 14.5 Å². The summed E-state index contributed by atoms with van der Waals surface area (Å²) in [6.45, 7) is 0.419. The minimum atomic E-state index is -0.454. The molecule has 0 aliphatic carbocycles. The average Bonchev–Trinajstić information content (AvgIpc) is 2.38. The van der Waals surface area contributed by atoms with Gasteiger partial charge in [0.1, 0.15) is 5.82 Å². The van der Waals surface area contributed by atoms with E-state index < -0.39 is 10.7 Å². The van der Waals surface area contributed by atoms with E-state index in [1.54, 1.807) is 12.1 Å². The Morgan fingerprint density at radius 3 is 2.50 bits per heavy atom. The Hall–Kier alpha value is -1.66. The van der Waals surface area contributed by atoms with Gasteiger partial charge in [-0.25, -0.2) is 4.39 Å². The Labute approximate surface area is 127 Å². The summed E-state index contributed by atoms with van der Waals surface area (Å²) in [4.78, 5) is 10.1. The fraction of sp³-hybridized carbons (Fsp3) is 0.0769. The summed E-state index contributed by atoms with van der Waals surface area (Å²) in [5.41, 5.74) is 1.46. The van der Waals surface area contributed by atoms with E-state index in [-0.39, 0.29) is 10.7 Å². The Morgan fingerprint density at radius 2 is 1.95 bits per heavy atom. The van der Waals surface area contributed by atoms with Gasteiger partial charge in [0.25, 0.3) is 5.69 Å². The molecular weight excluding hydrogens is 351 g/mol. The van der Waals surface area contributed by atoms with Crippen LogP contribution in [0.15, 0.2) is 40.9 Å². The quantitative estimate of drug-likeness (QED) is 0.632. The third-order valence-corrected chi connectivity index (χ3v) is 3.55. The standard InChI is InChI=1S/C13H9BrClFN2O2/c14-11-5-9(16)6-12(15)13(11)17-7-8-1-3-10(4-2-8)18(19)20/h1-6,17H,7H2. The molecule has 0 saturated carbocycles. The van der Waals surface area contributed by atoms with E-state index in [1.165, 1.54) is 24.3 Å². The molecule has 0 fully saturated rings. The van der Waals surface area contributed by atoms with Gasteiger partial charge in [0.15, 0.2) is 0 Å². The second-order valence-electron chi connectivity index (χ2n) is 4.02. The largest absolute Gasteiger partial charge is 0.379 e. The summed E-state index contributed by atoms with van der Waals surface area (Å²) in [7, 11) is 0. The van der Waals surface area contributed by atoms with Crippen LogP contribution < -0.4 is 5.32 Å². The van der Waals surface area contributed by atoms with Crippen molar-refractivity contribution in [1.82, 2.24) is 0 Å². The third kappa shape index (κ3) is 3.46. The van der Waals surface area contributed by atoms with Crippen molar-refractivity contribution in [3.05, 3.63) is 67.4 Å². The lowest BCUT2D eigenvalue weighted by molar-refractivity contribution is -0.384. The molecule has 1 N–H and O–H groups in total. The lowest BCUT2D eigenvalue weighted by Gasteiger charge is -2.10.